The van der Waals surface area contributed by atoms with Crippen LogP contribution in [0.4, 0.5) is 5.69 Å². The first kappa shape index (κ1) is 15.9. The third-order valence-corrected chi connectivity index (χ3v) is 4.83. The topological polar surface area (TPSA) is 38.3 Å². The molecule has 2 aromatic carbocycles. The molecule has 0 spiro atoms. The maximum Gasteiger partial charge on any atom is 0.225 e. The van der Waals surface area contributed by atoms with Crippen molar-refractivity contribution in [2.45, 2.75) is 11.3 Å². The average Bonchev–Trinajstić information content (AvgIpc) is 2.50. The Morgan fingerprint density at radius 2 is 1.90 bits per heavy atom. The van der Waals surface area contributed by atoms with E-state index in [2.05, 4.69) is 21.2 Å². The molecule has 110 valence electrons. The molecule has 2 rings (SSSR count). The molecule has 0 saturated carbocycles. The zero-order valence-electron chi connectivity index (χ0n) is 11.6. The van der Waals surface area contributed by atoms with Gasteiger partial charge < -0.3 is 10.1 Å². The Bertz CT molecular complexity index is 619. The zero-order valence-corrected chi connectivity index (χ0v) is 14.0. The van der Waals surface area contributed by atoms with Gasteiger partial charge in [0.05, 0.1) is 12.8 Å². The van der Waals surface area contributed by atoms with E-state index in [0.29, 0.717) is 17.9 Å². The number of carbonyl (C=O) groups is 1. The fraction of sp³-hybridized carbons (Fsp3) is 0.188. The summed E-state index contributed by atoms with van der Waals surface area (Å²) < 4.78 is 6.27. The van der Waals surface area contributed by atoms with Crippen molar-refractivity contribution in [3.8, 4) is 5.75 Å². The van der Waals surface area contributed by atoms with Gasteiger partial charge in [-0.1, -0.05) is 24.3 Å². The maximum atomic E-state index is 12.0. The number of halogens is 1. The molecule has 0 fully saturated rings. The quantitative estimate of drug-likeness (QED) is 0.761. The summed E-state index contributed by atoms with van der Waals surface area (Å²) >= 11 is 5.16. The maximum absolute atomic E-state index is 12.0. The standard InChI is InChI=1S/C16H16BrNO2S/c1-20-14-8-4-3-7-13(14)18-16(19)10-11-21-15-9-5-2-6-12(15)17/h2-9H,10-11H2,1H3,(H,18,19). The van der Waals surface area contributed by atoms with Gasteiger partial charge in [-0.3, -0.25) is 4.79 Å². The minimum Gasteiger partial charge on any atom is -0.495 e. The number of methoxy groups -OCH3 is 1. The van der Waals surface area contributed by atoms with Crippen molar-refractivity contribution in [1.29, 1.82) is 0 Å². The number of hydrogen-bond acceptors (Lipinski definition) is 3. The lowest BCUT2D eigenvalue weighted by Gasteiger charge is -2.09. The molecule has 5 heteroatoms. The van der Waals surface area contributed by atoms with E-state index < -0.39 is 0 Å². The van der Waals surface area contributed by atoms with Crippen LogP contribution in [0.5, 0.6) is 5.75 Å². The van der Waals surface area contributed by atoms with Gasteiger partial charge in [0.1, 0.15) is 5.75 Å². The van der Waals surface area contributed by atoms with Crippen molar-refractivity contribution in [2.24, 2.45) is 0 Å². The lowest BCUT2D eigenvalue weighted by Crippen LogP contribution is -2.12. The van der Waals surface area contributed by atoms with Crippen LogP contribution in [0.2, 0.25) is 0 Å². The molecule has 2 aromatic rings. The second kappa shape index (κ2) is 8.10. The van der Waals surface area contributed by atoms with E-state index in [1.165, 1.54) is 0 Å². The average molecular weight is 366 g/mol. The molecule has 0 aliphatic heterocycles. The number of thioether (sulfide) groups is 1. The minimum absolute atomic E-state index is 0.0148. The Morgan fingerprint density at radius 1 is 1.19 bits per heavy atom. The lowest BCUT2D eigenvalue weighted by atomic mass is 10.3. The van der Waals surface area contributed by atoms with Gasteiger partial charge in [-0.25, -0.2) is 0 Å². The van der Waals surface area contributed by atoms with Crippen molar-refractivity contribution in [3.63, 3.8) is 0 Å². The summed E-state index contributed by atoms with van der Waals surface area (Å²) in [6.07, 6.45) is 0.448. The third kappa shape index (κ3) is 4.79. The van der Waals surface area contributed by atoms with Crippen LogP contribution < -0.4 is 10.1 Å². The first-order valence-corrected chi connectivity index (χ1v) is 8.29. The summed E-state index contributed by atoms with van der Waals surface area (Å²) in [5.41, 5.74) is 0.705. The molecule has 21 heavy (non-hydrogen) atoms. The molecular formula is C16H16BrNO2S. The van der Waals surface area contributed by atoms with Crippen LogP contribution in [0.15, 0.2) is 57.9 Å². The largest absolute Gasteiger partial charge is 0.495 e. The van der Waals surface area contributed by atoms with Gasteiger partial charge in [-0.2, -0.15) is 0 Å². The molecule has 0 bridgehead atoms. The Labute approximate surface area is 137 Å². The van der Waals surface area contributed by atoms with E-state index in [4.69, 9.17) is 4.74 Å². The number of amides is 1. The molecule has 0 saturated heterocycles. The smallest absolute Gasteiger partial charge is 0.225 e. The molecule has 0 atom stereocenters. The first-order valence-electron chi connectivity index (χ1n) is 6.51. The Hall–Kier alpha value is -1.46. The number of rotatable bonds is 6. The fourth-order valence-electron chi connectivity index (χ4n) is 1.78. The second-order valence-electron chi connectivity index (χ2n) is 4.28. The molecule has 0 aliphatic carbocycles. The van der Waals surface area contributed by atoms with Gasteiger partial charge in [-0.05, 0) is 40.2 Å². The fourth-order valence-corrected chi connectivity index (χ4v) is 3.29. The Balaban J connectivity index is 1.84. The summed E-state index contributed by atoms with van der Waals surface area (Å²) in [4.78, 5) is 13.1. The number of carbonyl (C=O) groups excluding carboxylic acids is 1. The molecule has 0 aliphatic rings. The van der Waals surface area contributed by atoms with Gasteiger partial charge >= 0.3 is 0 Å². The Morgan fingerprint density at radius 3 is 2.67 bits per heavy atom. The van der Waals surface area contributed by atoms with E-state index in [1.54, 1.807) is 18.9 Å². The van der Waals surface area contributed by atoms with E-state index in [-0.39, 0.29) is 5.91 Å². The van der Waals surface area contributed by atoms with Crippen molar-refractivity contribution in [2.75, 3.05) is 18.2 Å². The highest BCUT2D eigenvalue weighted by Gasteiger charge is 2.07. The summed E-state index contributed by atoms with van der Waals surface area (Å²) in [6.45, 7) is 0. The molecule has 0 unspecified atom stereocenters. The third-order valence-electron chi connectivity index (χ3n) is 2.80. The summed E-state index contributed by atoms with van der Waals surface area (Å²) in [5, 5.41) is 2.87. The number of benzene rings is 2. The van der Waals surface area contributed by atoms with Crippen molar-refractivity contribution < 1.29 is 9.53 Å². The van der Waals surface area contributed by atoms with Gasteiger partial charge in [0.25, 0.3) is 0 Å². The van der Waals surface area contributed by atoms with Gasteiger partial charge in [0.2, 0.25) is 5.91 Å². The molecule has 3 nitrogen and oxygen atoms in total. The number of anilines is 1. The minimum atomic E-state index is -0.0148. The van der Waals surface area contributed by atoms with Crippen LogP contribution >= 0.6 is 27.7 Å². The van der Waals surface area contributed by atoms with Crippen LogP contribution in [0.3, 0.4) is 0 Å². The van der Waals surface area contributed by atoms with Crippen molar-refractivity contribution in [3.05, 3.63) is 53.0 Å². The van der Waals surface area contributed by atoms with Crippen LogP contribution in [0.1, 0.15) is 6.42 Å². The summed E-state index contributed by atoms with van der Waals surface area (Å²) in [6, 6.07) is 15.4. The molecule has 0 heterocycles. The monoisotopic (exact) mass is 365 g/mol. The predicted octanol–water partition coefficient (Wildman–Crippen LogP) is 4.58. The van der Waals surface area contributed by atoms with Crippen LogP contribution in [0, 0.1) is 0 Å². The van der Waals surface area contributed by atoms with Crippen molar-refractivity contribution in [1.82, 2.24) is 0 Å². The highest BCUT2D eigenvalue weighted by Crippen LogP contribution is 2.28. The van der Waals surface area contributed by atoms with Gasteiger partial charge in [0.15, 0.2) is 0 Å². The van der Waals surface area contributed by atoms with E-state index in [0.717, 1.165) is 15.1 Å². The van der Waals surface area contributed by atoms with E-state index in [1.807, 2.05) is 48.5 Å². The van der Waals surface area contributed by atoms with Crippen LogP contribution in [0.25, 0.3) is 0 Å². The van der Waals surface area contributed by atoms with Crippen LogP contribution in [-0.2, 0) is 4.79 Å². The SMILES string of the molecule is COc1ccccc1NC(=O)CCSc1ccccc1Br. The predicted molar refractivity (Wildman–Crippen MR) is 91.1 cm³/mol. The van der Waals surface area contributed by atoms with Gasteiger partial charge in [-0.15, -0.1) is 11.8 Å². The molecule has 1 amide bonds. The zero-order chi connectivity index (χ0) is 15.1. The molecular weight excluding hydrogens is 350 g/mol. The number of hydrogen-bond donors (Lipinski definition) is 1. The number of ether oxygens (including phenoxy) is 1. The van der Waals surface area contributed by atoms with E-state index >= 15 is 0 Å². The molecule has 0 aromatic heterocycles. The normalized spacial score (nSPS) is 10.2. The van der Waals surface area contributed by atoms with E-state index in [9.17, 15) is 4.79 Å². The highest BCUT2D eigenvalue weighted by molar-refractivity contribution is 9.10. The lowest BCUT2D eigenvalue weighted by molar-refractivity contribution is -0.115. The summed E-state index contributed by atoms with van der Waals surface area (Å²) in [7, 11) is 1.59. The van der Waals surface area contributed by atoms with Gasteiger partial charge in [0, 0.05) is 21.5 Å². The molecule has 0 radical (unpaired) electrons. The van der Waals surface area contributed by atoms with Crippen molar-refractivity contribution >= 4 is 39.3 Å². The number of para-hydroxylation sites is 2. The highest BCUT2D eigenvalue weighted by atomic mass is 79.9. The molecule has 1 N–H and O–H groups in total. The summed E-state index contributed by atoms with van der Waals surface area (Å²) in [5.74, 6) is 1.38. The first-order chi connectivity index (χ1) is 10.2. The second-order valence-corrected chi connectivity index (χ2v) is 6.27. The van der Waals surface area contributed by atoms with Crippen LogP contribution in [-0.4, -0.2) is 18.8 Å². The Kier molecular flexibility index (Phi) is 6.14. The number of nitrogens with one attached hydrogen (secondary N) is 1.